The highest BCUT2D eigenvalue weighted by molar-refractivity contribution is 5.93. The summed E-state index contributed by atoms with van der Waals surface area (Å²) >= 11 is 0. The Bertz CT molecular complexity index is 875. The summed E-state index contributed by atoms with van der Waals surface area (Å²) in [7, 11) is 0. The molecule has 2 aromatic rings. The lowest BCUT2D eigenvalue weighted by molar-refractivity contribution is -0.130. The second-order valence-electron chi connectivity index (χ2n) is 6.45. The molecule has 2 heterocycles. The van der Waals surface area contributed by atoms with E-state index in [0.29, 0.717) is 43.5 Å². The molecular weight excluding hydrogens is 360 g/mol. The van der Waals surface area contributed by atoms with Gasteiger partial charge in [-0.05, 0) is 30.3 Å². The Morgan fingerprint density at radius 3 is 2.11 bits per heavy atom. The largest absolute Gasteiger partial charge is 0.339 e. The van der Waals surface area contributed by atoms with Crippen molar-refractivity contribution in [1.82, 2.24) is 19.8 Å². The first-order valence-corrected chi connectivity index (χ1v) is 8.95. The predicted molar refractivity (Wildman–Crippen MR) is 104 cm³/mol. The lowest BCUT2D eigenvalue weighted by atomic mass is 10.2. The number of carbonyl (C=O) groups is 3. The molecule has 1 saturated heterocycles. The number of nitrogens with one attached hydrogen (secondary N) is 2. The molecule has 9 heteroatoms. The fourth-order valence-electron chi connectivity index (χ4n) is 2.89. The van der Waals surface area contributed by atoms with Crippen molar-refractivity contribution in [3.63, 3.8) is 0 Å². The number of anilines is 3. The molecule has 9 nitrogen and oxygen atoms in total. The van der Waals surface area contributed by atoms with Gasteiger partial charge in [0, 0.05) is 57.6 Å². The lowest BCUT2D eigenvalue weighted by Gasteiger charge is -2.34. The van der Waals surface area contributed by atoms with E-state index in [9.17, 15) is 14.4 Å². The molecule has 0 saturated carbocycles. The van der Waals surface area contributed by atoms with Gasteiger partial charge in [-0.1, -0.05) is 0 Å². The zero-order valence-electron chi connectivity index (χ0n) is 15.8. The van der Waals surface area contributed by atoms with Crippen LogP contribution < -0.4 is 10.6 Å². The molecular formula is C19H22N6O3. The van der Waals surface area contributed by atoms with Gasteiger partial charge in [0.25, 0.3) is 5.91 Å². The standard InChI is InChI=1S/C19H22N6O3/c1-13(26)21-15-3-5-16(6-4-15)22-19-20-8-7-17(23-19)18(28)25-11-9-24(10-12-25)14(2)27/h3-8H,9-12H2,1-2H3,(H,21,26)(H,20,22,23). The first-order chi connectivity index (χ1) is 13.4. The summed E-state index contributed by atoms with van der Waals surface area (Å²) in [5.41, 5.74) is 1.71. The van der Waals surface area contributed by atoms with Crippen LogP contribution in [0.1, 0.15) is 24.3 Å². The number of rotatable bonds is 4. The third-order valence-electron chi connectivity index (χ3n) is 4.35. The molecule has 1 fully saturated rings. The average Bonchev–Trinajstić information content (AvgIpc) is 2.69. The van der Waals surface area contributed by atoms with Crippen LogP contribution in [0.4, 0.5) is 17.3 Å². The Labute approximate surface area is 162 Å². The summed E-state index contributed by atoms with van der Waals surface area (Å²) in [5.74, 6) is -0.000285. The van der Waals surface area contributed by atoms with E-state index in [4.69, 9.17) is 0 Å². The lowest BCUT2D eigenvalue weighted by Crippen LogP contribution is -2.50. The van der Waals surface area contributed by atoms with Crippen LogP contribution in [0.3, 0.4) is 0 Å². The molecule has 1 aliphatic rings. The fourth-order valence-corrected chi connectivity index (χ4v) is 2.89. The van der Waals surface area contributed by atoms with Crippen LogP contribution in [0.5, 0.6) is 0 Å². The fraction of sp³-hybridized carbons (Fsp3) is 0.316. The number of amides is 3. The molecule has 0 aliphatic carbocycles. The van der Waals surface area contributed by atoms with E-state index in [0.717, 1.165) is 5.69 Å². The Morgan fingerprint density at radius 1 is 0.893 bits per heavy atom. The molecule has 0 atom stereocenters. The molecule has 1 aromatic heterocycles. The quantitative estimate of drug-likeness (QED) is 0.829. The van der Waals surface area contributed by atoms with Crippen LogP contribution in [0, 0.1) is 0 Å². The number of carbonyl (C=O) groups excluding carboxylic acids is 3. The van der Waals surface area contributed by atoms with Gasteiger partial charge >= 0.3 is 0 Å². The molecule has 28 heavy (non-hydrogen) atoms. The summed E-state index contributed by atoms with van der Waals surface area (Å²) in [5, 5.41) is 5.74. The SMILES string of the molecule is CC(=O)Nc1ccc(Nc2nccc(C(=O)N3CCN(C(C)=O)CC3)n2)cc1. The van der Waals surface area contributed by atoms with Crippen LogP contribution in [0.15, 0.2) is 36.5 Å². The number of piperazine rings is 1. The molecule has 0 spiro atoms. The summed E-state index contributed by atoms with van der Waals surface area (Å²) in [6, 6.07) is 8.65. The summed E-state index contributed by atoms with van der Waals surface area (Å²) in [6.45, 7) is 4.99. The van der Waals surface area contributed by atoms with Gasteiger partial charge in [-0.15, -0.1) is 0 Å². The van der Waals surface area contributed by atoms with Crippen molar-refractivity contribution in [2.24, 2.45) is 0 Å². The zero-order valence-corrected chi connectivity index (χ0v) is 15.8. The van der Waals surface area contributed by atoms with Crippen molar-refractivity contribution in [2.75, 3.05) is 36.8 Å². The summed E-state index contributed by atoms with van der Waals surface area (Å²) in [4.78, 5) is 47.0. The van der Waals surface area contributed by atoms with E-state index in [1.165, 1.54) is 20.0 Å². The van der Waals surface area contributed by atoms with Gasteiger partial charge < -0.3 is 20.4 Å². The maximum atomic E-state index is 12.7. The van der Waals surface area contributed by atoms with Crippen molar-refractivity contribution in [3.8, 4) is 0 Å². The number of hydrogen-bond donors (Lipinski definition) is 2. The van der Waals surface area contributed by atoms with Gasteiger partial charge in [-0.2, -0.15) is 0 Å². The minimum absolute atomic E-state index is 0.0187. The van der Waals surface area contributed by atoms with Gasteiger partial charge in [0.15, 0.2) is 0 Å². The smallest absolute Gasteiger partial charge is 0.272 e. The van der Waals surface area contributed by atoms with Gasteiger partial charge in [-0.3, -0.25) is 14.4 Å². The number of hydrogen-bond acceptors (Lipinski definition) is 6. The third-order valence-corrected chi connectivity index (χ3v) is 4.35. The monoisotopic (exact) mass is 382 g/mol. The van der Waals surface area contributed by atoms with Crippen LogP contribution in [0.2, 0.25) is 0 Å². The van der Waals surface area contributed by atoms with Crippen molar-refractivity contribution in [2.45, 2.75) is 13.8 Å². The Kier molecular flexibility index (Phi) is 5.83. The number of benzene rings is 1. The summed E-state index contributed by atoms with van der Waals surface area (Å²) in [6.07, 6.45) is 1.53. The van der Waals surface area contributed by atoms with E-state index in [2.05, 4.69) is 20.6 Å². The predicted octanol–water partition coefficient (Wildman–Crippen LogP) is 1.48. The molecule has 146 valence electrons. The van der Waals surface area contributed by atoms with E-state index < -0.39 is 0 Å². The average molecular weight is 382 g/mol. The van der Waals surface area contributed by atoms with Crippen molar-refractivity contribution >= 4 is 35.0 Å². The van der Waals surface area contributed by atoms with Gasteiger partial charge in [-0.25, -0.2) is 9.97 Å². The third kappa shape index (κ3) is 4.81. The van der Waals surface area contributed by atoms with Gasteiger partial charge in [0.05, 0.1) is 0 Å². The molecule has 2 N–H and O–H groups in total. The molecule has 1 aromatic carbocycles. The molecule has 3 rings (SSSR count). The minimum Gasteiger partial charge on any atom is -0.339 e. The molecule has 0 unspecified atom stereocenters. The highest BCUT2D eigenvalue weighted by Gasteiger charge is 2.24. The van der Waals surface area contributed by atoms with Gasteiger partial charge in [0.2, 0.25) is 17.8 Å². The normalized spacial score (nSPS) is 13.8. The Hall–Kier alpha value is -3.49. The molecule has 1 aliphatic heterocycles. The van der Waals surface area contributed by atoms with E-state index in [1.54, 1.807) is 40.1 Å². The highest BCUT2D eigenvalue weighted by Crippen LogP contribution is 2.17. The topological polar surface area (TPSA) is 108 Å². The Balaban J connectivity index is 1.64. The van der Waals surface area contributed by atoms with Crippen LogP contribution >= 0.6 is 0 Å². The van der Waals surface area contributed by atoms with Crippen LogP contribution in [-0.4, -0.2) is 63.7 Å². The van der Waals surface area contributed by atoms with Crippen molar-refractivity contribution in [1.29, 1.82) is 0 Å². The highest BCUT2D eigenvalue weighted by atomic mass is 16.2. The first-order valence-electron chi connectivity index (χ1n) is 8.95. The maximum absolute atomic E-state index is 12.7. The number of nitrogens with zero attached hydrogens (tertiary/aromatic N) is 4. The van der Waals surface area contributed by atoms with E-state index in [1.807, 2.05) is 0 Å². The second kappa shape index (κ2) is 8.47. The molecule has 0 radical (unpaired) electrons. The van der Waals surface area contributed by atoms with Crippen LogP contribution in [0.25, 0.3) is 0 Å². The van der Waals surface area contributed by atoms with Crippen molar-refractivity contribution < 1.29 is 14.4 Å². The maximum Gasteiger partial charge on any atom is 0.272 e. The number of aromatic nitrogens is 2. The van der Waals surface area contributed by atoms with Gasteiger partial charge in [0.1, 0.15) is 5.69 Å². The Morgan fingerprint density at radius 2 is 1.50 bits per heavy atom. The van der Waals surface area contributed by atoms with E-state index >= 15 is 0 Å². The zero-order chi connectivity index (χ0) is 20.1. The summed E-state index contributed by atoms with van der Waals surface area (Å²) < 4.78 is 0. The van der Waals surface area contributed by atoms with E-state index in [-0.39, 0.29) is 17.7 Å². The second-order valence-corrected chi connectivity index (χ2v) is 6.45. The minimum atomic E-state index is -0.186. The first kappa shape index (κ1) is 19.3. The van der Waals surface area contributed by atoms with Crippen molar-refractivity contribution in [3.05, 3.63) is 42.2 Å². The molecule has 0 bridgehead atoms. The van der Waals surface area contributed by atoms with Crippen LogP contribution in [-0.2, 0) is 9.59 Å². The molecule has 3 amide bonds.